The molecule has 1 aromatic rings. The summed E-state index contributed by atoms with van der Waals surface area (Å²) in [5, 5.41) is 2.75. The fraction of sp³-hybridized carbons (Fsp3) is 0.500. The maximum atomic E-state index is 12.3. The maximum Gasteiger partial charge on any atom is 0.239 e. The van der Waals surface area contributed by atoms with Crippen molar-refractivity contribution in [3.05, 3.63) is 22.2 Å². The molecule has 0 saturated heterocycles. The van der Waals surface area contributed by atoms with Gasteiger partial charge >= 0.3 is 0 Å². The lowest BCUT2D eigenvalue weighted by atomic mass is 10.1. The molecule has 23 heavy (non-hydrogen) atoms. The van der Waals surface area contributed by atoms with Gasteiger partial charge in [-0.2, -0.15) is 0 Å². The van der Waals surface area contributed by atoms with Crippen molar-refractivity contribution < 1.29 is 19.1 Å². The number of carbonyl (C=O) groups excluding carboxylic acids is 2. The number of methoxy groups -OCH3 is 2. The predicted octanol–water partition coefficient (Wildman–Crippen LogP) is 1.99. The van der Waals surface area contributed by atoms with Crippen LogP contribution in [0.1, 0.15) is 18.9 Å². The summed E-state index contributed by atoms with van der Waals surface area (Å²) in [5.41, 5.74) is 0.772. The van der Waals surface area contributed by atoms with Gasteiger partial charge in [-0.05, 0) is 24.1 Å². The Bertz CT molecular complexity index is 563. The molecule has 7 heteroatoms. The number of amides is 2. The predicted molar refractivity (Wildman–Crippen MR) is 91.9 cm³/mol. The fourth-order valence-electron chi connectivity index (χ4n) is 1.95. The second kappa shape index (κ2) is 9.39. The van der Waals surface area contributed by atoms with Crippen LogP contribution >= 0.6 is 15.9 Å². The number of benzene rings is 1. The fourth-order valence-corrected chi connectivity index (χ4v) is 2.42. The molecule has 0 aliphatic carbocycles. The number of likely N-dealkylation sites (N-methyl/N-ethyl adjacent to an activating group) is 1. The Kier molecular flexibility index (Phi) is 7.88. The summed E-state index contributed by atoms with van der Waals surface area (Å²) in [6, 6.07) is 3.52. The third-order valence-electron chi connectivity index (χ3n) is 3.27. The Morgan fingerprint density at radius 2 is 1.83 bits per heavy atom. The van der Waals surface area contributed by atoms with Gasteiger partial charge in [-0.3, -0.25) is 9.59 Å². The normalized spacial score (nSPS) is 10.1. The van der Waals surface area contributed by atoms with Gasteiger partial charge in [0.1, 0.15) is 0 Å². The number of nitrogens with zero attached hydrogens (tertiary/aromatic N) is 1. The molecule has 128 valence electrons. The molecule has 0 aliphatic heterocycles. The van der Waals surface area contributed by atoms with Crippen molar-refractivity contribution in [1.29, 1.82) is 0 Å². The first kappa shape index (κ1) is 19.3. The lowest BCUT2D eigenvalue weighted by Crippen LogP contribution is -2.39. The Labute approximate surface area is 145 Å². The number of hydrogen-bond donors (Lipinski definition) is 1. The highest BCUT2D eigenvalue weighted by Crippen LogP contribution is 2.33. The number of nitrogens with one attached hydrogen (secondary N) is 1. The number of halogens is 1. The van der Waals surface area contributed by atoms with Gasteiger partial charge in [0.15, 0.2) is 11.5 Å². The largest absolute Gasteiger partial charge is 0.493 e. The van der Waals surface area contributed by atoms with E-state index in [2.05, 4.69) is 21.2 Å². The van der Waals surface area contributed by atoms with E-state index in [0.717, 1.165) is 16.5 Å². The van der Waals surface area contributed by atoms with Gasteiger partial charge < -0.3 is 19.7 Å². The molecule has 0 bridgehead atoms. The SMILES string of the molecule is CCCNC(=O)CN(C)C(=O)Cc1cc(OC)c(OC)cc1Br. The van der Waals surface area contributed by atoms with Crippen LogP contribution in [0.25, 0.3) is 0 Å². The van der Waals surface area contributed by atoms with E-state index in [1.54, 1.807) is 33.4 Å². The topological polar surface area (TPSA) is 67.9 Å². The van der Waals surface area contributed by atoms with Crippen molar-refractivity contribution in [2.24, 2.45) is 0 Å². The van der Waals surface area contributed by atoms with Gasteiger partial charge in [-0.1, -0.05) is 22.9 Å². The standard InChI is InChI=1S/C16H23BrN2O4/c1-5-6-18-15(20)10-19(2)16(21)8-11-7-13(22-3)14(23-4)9-12(11)17/h7,9H,5-6,8,10H2,1-4H3,(H,18,20). The molecule has 0 radical (unpaired) electrons. The number of hydrogen-bond acceptors (Lipinski definition) is 4. The Hall–Kier alpha value is -1.76. The number of carbonyl (C=O) groups is 2. The quantitative estimate of drug-likeness (QED) is 0.741. The van der Waals surface area contributed by atoms with Crippen LogP contribution in [0.5, 0.6) is 11.5 Å². The summed E-state index contributed by atoms with van der Waals surface area (Å²) >= 11 is 3.43. The molecule has 2 amide bonds. The first-order valence-corrected chi connectivity index (χ1v) is 8.13. The molecule has 0 unspecified atom stereocenters. The molecule has 0 atom stereocenters. The molecule has 0 spiro atoms. The van der Waals surface area contributed by atoms with Gasteiger partial charge in [0.2, 0.25) is 11.8 Å². The monoisotopic (exact) mass is 386 g/mol. The molecule has 1 rings (SSSR count). The van der Waals surface area contributed by atoms with Crippen molar-refractivity contribution >= 4 is 27.7 Å². The summed E-state index contributed by atoms with van der Waals surface area (Å²) in [6.07, 6.45) is 1.03. The van der Waals surface area contributed by atoms with Crippen LogP contribution in [0.3, 0.4) is 0 Å². The minimum Gasteiger partial charge on any atom is -0.493 e. The summed E-state index contributed by atoms with van der Waals surface area (Å²) in [4.78, 5) is 25.4. The van der Waals surface area contributed by atoms with Crippen molar-refractivity contribution in [1.82, 2.24) is 10.2 Å². The van der Waals surface area contributed by atoms with Gasteiger partial charge in [0.05, 0.1) is 27.2 Å². The second-order valence-electron chi connectivity index (χ2n) is 5.08. The van der Waals surface area contributed by atoms with Crippen LogP contribution in [0.2, 0.25) is 0 Å². The zero-order valence-corrected chi connectivity index (χ0v) is 15.5. The van der Waals surface area contributed by atoms with E-state index in [-0.39, 0.29) is 24.8 Å². The first-order chi connectivity index (χ1) is 10.9. The van der Waals surface area contributed by atoms with E-state index in [9.17, 15) is 9.59 Å². The van der Waals surface area contributed by atoms with E-state index in [1.807, 2.05) is 6.92 Å². The van der Waals surface area contributed by atoms with Crippen LogP contribution in [0.4, 0.5) is 0 Å². The number of rotatable bonds is 8. The molecule has 0 aromatic heterocycles. The van der Waals surface area contributed by atoms with Crippen molar-refractivity contribution in [3.8, 4) is 11.5 Å². The lowest BCUT2D eigenvalue weighted by molar-refractivity contribution is -0.134. The Morgan fingerprint density at radius 3 is 2.39 bits per heavy atom. The van der Waals surface area contributed by atoms with E-state index in [1.165, 1.54) is 4.90 Å². The van der Waals surface area contributed by atoms with Gasteiger partial charge in [-0.15, -0.1) is 0 Å². The summed E-state index contributed by atoms with van der Waals surface area (Å²) in [7, 11) is 4.71. The number of ether oxygens (including phenoxy) is 2. The van der Waals surface area contributed by atoms with E-state index >= 15 is 0 Å². The highest BCUT2D eigenvalue weighted by molar-refractivity contribution is 9.10. The van der Waals surface area contributed by atoms with Crippen LogP contribution in [0.15, 0.2) is 16.6 Å². The highest BCUT2D eigenvalue weighted by atomic mass is 79.9. The molecule has 0 fully saturated rings. The molecule has 0 aliphatic rings. The molecule has 0 heterocycles. The zero-order chi connectivity index (χ0) is 17.4. The molecule has 1 N–H and O–H groups in total. The summed E-state index contributed by atoms with van der Waals surface area (Å²) < 4.78 is 11.2. The van der Waals surface area contributed by atoms with Gasteiger partial charge in [0, 0.05) is 18.1 Å². The molecule has 0 saturated carbocycles. The molecular weight excluding hydrogens is 364 g/mol. The lowest BCUT2D eigenvalue weighted by Gasteiger charge is -2.18. The highest BCUT2D eigenvalue weighted by Gasteiger charge is 2.17. The van der Waals surface area contributed by atoms with Crippen LogP contribution in [-0.4, -0.2) is 51.1 Å². The van der Waals surface area contributed by atoms with E-state index < -0.39 is 0 Å². The molecule has 1 aromatic carbocycles. The average molecular weight is 387 g/mol. The Morgan fingerprint density at radius 1 is 1.22 bits per heavy atom. The summed E-state index contributed by atoms with van der Waals surface area (Å²) in [6.45, 7) is 2.63. The van der Waals surface area contributed by atoms with Gasteiger partial charge in [-0.25, -0.2) is 0 Å². The third-order valence-corrected chi connectivity index (χ3v) is 4.01. The van der Waals surface area contributed by atoms with Crippen LogP contribution < -0.4 is 14.8 Å². The maximum absolute atomic E-state index is 12.3. The van der Waals surface area contributed by atoms with E-state index in [0.29, 0.717) is 18.0 Å². The minimum absolute atomic E-state index is 0.0454. The van der Waals surface area contributed by atoms with Crippen LogP contribution in [-0.2, 0) is 16.0 Å². The molecule has 6 nitrogen and oxygen atoms in total. The van der Waals surface area contributed by atoms with Gasteiger partial charge in [0.25, 0.3) is 0 Å². The minimum atomic E-state index is -0.158. The first-order valence-electron chi connectivity index (χ1n) is 7.34. The smallest absolute Gasteiger partial charge is 0.239 e. The average Bonchev–Trinajstić information content (AvgIpc) is 2.53. The van der Waals surface area contributed by atoms with Crippen molar-refractivity contribution in [2.75, 3.05) is 34.4 Å². The van der Waals surface area contributed by atoms with Crippen molar-refractivity contribution in [3.63, 3.8) is 0 Å². The zero-order valence-electron chi connectivity index (χ0n) is 13.9. The summed E-state index contributed by atoms with van der Waals surface area (Å²) in [5.74, 6) is 0.836. The van der Waals surface area contributed by atoms with Crippen molar-refractivity contribution in [2.45, 2.75) is 19.8 Å². The van der Waals surface area contributed by atoms with Crippen LogP contribution in [0, 0.1) is 0 Å². The third kappa shape index (κ3) is 5.74. The molecular formula is C16H23BrN2O4. The second-order valence-corrected chi connectivity index (χ2v) is 5.93. The Balaban J connectivity index is 2.75. The van der Waals surface area contributed by atoms with E-state index in [4.69, 9.17) is 9.47 Å².